The molecule has 0 fully saturated rings. The summed E-state index contributed by atoms with van der Waals surface area (Å²) in [6, 6.07) is 0. The molecule has 98 valence electrons. The van der Waals surface area contributed by atoms with Crippen molar-refractivity contribution in [1.29, 1.82) is 0 Å². The van der Waals surface area contributed by atoms with Gasteiger partial charge in [0, 0.05) is 26.2 Å². The zero-order chi connectivity index (χ0) is 12.4. The van der Waals surface area contributed by atoms with Gasteiger partial charge < -0.3 is 26.6 Å². The third kappa shape index (κ3) is 992. The van der Waals surface area contributed by atoms with Crippen LogP contribution < -0.4 is 6.15 Å². The number of aliphatic hydroxyl groups is 3. The van der Waals surface area contributed by atoms with Crippen LogP contribution in [0.25, 0.3) is 0 Å². The average molecular weight is 229 g/mol. The lowest BCUT2D eigenvalue weighted by Gasteiger charge is -1.71. The van der Waals surface area contributed by atoms with Crippen LogP contribution in [0.1, 0.15) is 34.1 Å². The van der Waals surface area contributed by atoms with Gasteiger partial charge in [-0.05, 0) is 20.8 Å². The first-order valence-corrected chi connectivity index (χ1v) is 4.56. The van der Waals surface area contributed by atoms with Gasteiger partial charge in [-0.3, -0.25) is 4.79 Å². The Morgan fingerprint density at radius 2 is 0.933 bits per heavy atom. The summed E-state index contributed by atoms with van der Waals surface area (Å²) in [5.74, 6) is -0.745. The Labute approximate surface area is 92.2 Å². The van der Waals surface area contributed by atoms with Crippen LogP contribution in [-0.4, -0.2) is 46.2 Å². The van der Waals surface area contributed by atoms with Crippen LogP contribution in [0.3, 0.4) is 0 Å². The van der Waals surface area contributed by atoms with Crippen molar-refractivity contribution >= 4 is 5.97 Å². The van der Waals surface area contributed by atoms with Gasteiger partial charge in [0.2, 0.25) is 0 Å². The summed E-state index contributed by atoms with van der Waals surface area (Å²) in [7, 11) is 0. The molecular weight excluding hydrogens is 202 g/mol. The van der Waals surface area contributed by atoms with Crippen molar-refractivity contribution in [3.63, 3.8) is 0 Å². The van der Waals surface area contributed by atoms with Gasteiger partial charge in [0.25, 0.3) is 0 Å². The van der Waals surface area contributed by atoms with E-state index in [2.05, 4.69) is 0 Å². The number of rotatable bonds is 1. The average Bonchev–Trinajstić information content (AvgIpc) is 2.08. The Morgan fingerprint density at radius 3 is 0.933 bits per heavy atom. The summed E-state index contributed by atoms with van der Waals surface area (Å²) in [4.78, 5) is 9.37. The van der Waals surface area contributed by atoms with E-state index in [0.717, 1.165) is 0 Å². The van der Waals surface area contributed by atoms with Crippen molar-refractivity contribution in [2.75, 3.05) is 19.8 Å². The number of hydrogen-bond donors (Lipinski definition) is 5. The lowest BCUT2D eigenvalue weighted by atomic mass is 10.5. The maximum atomic E-state index is 9.37. The summed E-state index contributed by atoms with van der Waals surface area (Å²) in [6.07, 6.45) is 0.222. The third-order valence-electron chi connectivity index (χ3n) is 0.302. The molecule has 7 N–H and O–H groups in total. The minimum absolute atomic E-state index is 0. The molecule has 0 amide bonds. The van der Waals surface area contributed by atoms with Crippen LogP contribution in [-0.2, 0) is 4.79 Å². The molecule has 0 heterocycles. The van der Waals surface area contributed by atoms with Crippen LogP contribution >= 0.6 is 0 Å². The predicted octanol–water partition coefficient (Wildman–Crippen LogP) is 0.639. The van der Waals surface area contributed by atoms with Crippen molar-refractivity contribution in [3.8, 4) is 0 Å². The molecule has 0 saturated carbocycles. The van der Waals surface area contributed by atoms with Crippen LogP contribution in [0.15, 0.2) is 0 Å². The van der Waals surface area contributed by atoms with Crippen LogP contribution in [0.4, 0.5) is 0 Å². The highest BCUT2D eigenvalue weighted by Crippen LogP contribution is 1.67. The quantitative estimate of drug-likeness (QED) is 0.448. The molecule has 15 heavy (non-hydrogen) atoms. The fourth-order valence-corrected chi connectivity index (χ4v) is 0. The molecule has 0 aromatic rings. The van der Waals surface area contributed by atoms with Crippen LogP contribution in [0, 0.1) is 0 Å². The van der Waals surface area contributed by atoms with Gasteiger partial charge in [0.15, 0.2) is 0 Å². The Bertz CT molecular complexity index is 76.1. The Balaban J connectivity index is -0.0000000300. The number of carboxylic acid groups (broad SMARTS) is 1. The molecule has 6 heteroatoms. The zero-order valence-corrected chi connectivity index (χ0v) is 10.2. The highest BCUT2D eigenvalue weighted by atomic mass is 16.4. The molecule has 0 unspecified atom stereocenters. The second-order valence-electron chi connectivity index (χ2n) is 1.70. The summed E-state index contributed by atoms with van der Waals surface area (Å²) in [5.41, 5.74) is 0. The Morgan fingerprint density at radius 1 is 0.867 bits per heavy atom. The van der Waals surface area contributed by atoms with E-state index in [0.29, 0.717) is 0 Å². The number of aliphatic carboxylic acids is 1. The summed E-state index contributed by atoms with van der Waals surface area (Å²) in [6.45, 7) is 7.39. The predicted molar refractivity (Wildman–Crippen MR) is 61.2 cm³/mol. The zero-order valence-electron chi connectivity index (χ0n) is 10.2. The van der Waals surface area contributed by atoms with E-state index in [1.165, 1.54) is 0 Å². The first-order chi connectivity index (χ1) is 6.51. The van der Waals surface area contributed by atoms with E-state index in [9.17, 15) is 4.79 Å². The van der Waals surface area contributed by atoms with E-state index < -0.39 is 5.97 Å². The highest BCUT2D eigenvalue weighted by molar-refractivity contribution is 5.66. The minimum atomic E-state index is -0.745. The number of aliphatic hydroxyl groups excluding tert-OH is 3. The highest BCUT2D eigenvalue weighted by Gasteiger charge is 1.80. The molecule has 0 aliphatic carbocycles. The van der Waals surface area contributed by atoms with Crippen molar-refractivity contribution in [1.82, 2.24) is 6.15 Å². The fraction of sp³-hybridized carbons (Fsp3) is 0.889. The van der Waals surface area contributed by atoms with Gasteiger partial charge in [0.05, 0.1) is 0 Å². The molecule has 0 bridgehead atoms. The summed E-state index contributed by atoms with van der Waals surface area (Å²) < 4.78 is 0. The fourth-order valence-electron chi connectivity index (χ4n) is 0. The van der Waals surface area contributed by atoms with Crippen molar-refractivity contribution in [2.24, 2.45) is 0 Å². The minimum Gasteiger partial charge on any atom is -0.481 e. The van der Waals surface area contributed by atoms with Gasteiger partial charge in [-0.2, -0.15) is 0 Å². The maximum Gasteiger partial charge on any atom is 0.303 e. The first kappa shape index (κ1) is 29.2. The number of hydrogen-bond acceptors (Lipinski definition) is 5. The van der Waals surface area contributed by atoms with Gasteiger partial charge in [-0.1, -0.05) is 6.92 Å². The monoisotopic (exact) mass is 229 g/mol. The number of carbonyl (C=O) groups is 1. The maximum absolute atomic E-state index is 9.37. The second kappa shape index (κ2) is 50.7. The van der Waals surface area contributed by atoms with Crippen molar-refractivity contribution in [2.45, 2.75) is 34.1 Å². The largest absolute Gasteiger partial charge is 0.481 e. The molecule has 6 nitrogen and oxygen atoms in total. The molecular formula is C9H27NO5. The van der Waals surface area contributed by atoms with E-state index in [1.54, 1.807) is 27.7 Å². The Kier molecular flexibility index (Phi) is 98.8. The van der Waals surface area contributed by atoms with Gasteiger partial charge >= 0.3 is 5.97 Å². The molecule has 0 saturated heterocycles. The smallest absolute Gasteiger partial charge is 0.303 e. The molecule has 0 radical (unpaired) electrons. The van der Waals surface area contributed by atoms with Crippen LogP contribution in [0.2, 0.25) is 0 Å². The lowest BCUT2D eigenvalue weighted by molar-refractivity contribution is -0.136. The second-order valence-corrected chi connectivity index (χ2v) is 1.70. The van der Waals surface area contributed by atoms with Crippen molar-refractivity contribution in [3.05, 3.63) is 0 Å². The van der Waals surface area contributed by atoms with E-state index in [4.69, 9.17) is 20.4 Å². The molecule has 0 aliphatic rings. The van der Waals surface area contributed by atoms with E-state index in [1.807, 2.05) is 0 Å². The normalized spacial score (nSPS) is 6.07. The molecule has 0 aromatic heterocycles. The molecule has 0 rings (SSSR count). The first-order valence-electron chi connectivity index (χ1n) is 4.56. The van der Waals surface area contributed by atoms with Gasteiger partial charge in [-0.15, -0.1) is 0 Å². The standard InChI is InChI=1S/C3H6O2.3C2H6O.H3N/c1-2-3(4)5;3*1-2-3;/h2H2,1H3,(H,4,5);3*3H,2H2,1H3;1H3. The SMILES string of the molecule is CCC(=O)O.CCO.CCO.CCO.N. The molecule has 0 aromatic carbocycles. The third-order valence-corrected chi connectivity index (χ3v) is 0.302. The summed E-state index contributed by atoms with van der Waals surface area (Å²) >= 11 is 0. The molecule has 0 spiro atoms. The topological polar surface area (TPSA) is 133 Å². The van der Waals surface area contributed by atoms with E-state index >= 15 is 0 Å². The molecule has 0 aliphatic heterocycles. The van der Waals surface area contributed by atoms with Gasteiger partial charge in [-0.25, -0.2) is 0 Å². The number of carboxylic acids is 1. The Hall–Kier alpha value is -0.690. The van der Waals surface area contributed by atoms with Crippen LogP contribution in [0.5, 0.6) is 0 Å². The summed E-state index contributed by atoms with van der Waals surface area (Å²) in [5, 5.41) is 30.4. The lowest BCUT2D eigenvalue weighted by Crippen LogP contribution is -1.86. The molecule has 0 atom stereocenters. The van der Waals surface area contributed by atoms with E-state index in [-0.39, 0.29) is 32.4 Å². The van der Waals surface area contributed by atoms with Crippen molar-refractivity contribution < 1.29 is 25.2 Å². The van der Waals surface area contributed by atoms with Gasteiger partial charge in [0.1, 0.15) is 0 Å².